The van der Waals surface area contributed by atoms with Gasteiger partial charge in [-0.1, -0.05) is 12.1 Å². The number of nitrogens with zero attached hydrogens (tertiary/aromatic N) is 5. The molecule has 0 bridgehead atoms. The molecule has 0 unspecified atom stereocenters. The number of carbonyl (C=O) groups excluding carboxylic acids is 2. The van der Waals surface area contributed by atoms with Crippen LogP contribution < -0.4 is 22.5 Å². The molecule has 4 rings (SSSR count). The van der Waals surface area contributed by atoms with E-state index in [0.717, 1.165) is 31.5 Å². The Bertz CT molecular complexity index is 1170. The minimum absolute atomic E-state index is 0. The van der Waals surface area contributed by atoms with Gasteiger partial charge in [0, 0.05) is 51.5 Å². The van der Waals surface area contributed by atoms with Crippen LogP contribution in [0, 0.1) is 5.92 Å². The molecular formula is C26H39ClN8O3. The SMILES string of the molecule is CN(Cc1ccc(-n2ccc(NC(=O)N3CCN(C(=O)C(C)(C)N)CC3)nc2=O)cc1)C[C@H]1C[C@@H](N)C1.Cl. The molecular weight excluding hydrogens is 508 g/mol. The Labute approximate surface area is 229 Å². The fourth-order valence-electron chi connectivity index (χ4n) is 4.89. The van der Waals surface area contributed by atoms with Crippen molar-refractivity contribution in [2.75, 3.05) is 45.1 Å². The second kappa shape index (κ2) is 12.2. The number of nitrogens with one attached hydrogen (secondary N) is 1. The van der Waals surface area contributed by atoms with Crippen molar-refractivity contribution >= 4 is 30.2 Å². The highest BCUT2D eigenvalue weighted by Crippen LogP contribution is 2.26. The fourth-order valence-corrected chi connectivity index (χ4v) is 4.89. The monoisotopic (exact) mass is 546 g/mol. The molecule has 1 aliphatic heterocycles. The zero-order valence-electron chi connectivity index (χ0n) is 22.3. The van der Waals surface area contributed by atoms with Gasteiger partial charge in [0.2, 0.25) is 5.91 Å². The van der Waals surface area contributed by atoms with Gasteiger partial charge < -0.3 is 26.2 Å². The van der Waals surface area contributed by atoms with Gasteiger partial charge >= 0.3 is 11.7 Å². The van der Waals surface area contributed by atoms with Gasteiger partial charge in [-0.2, -0.15) is 4.98 Å². The predicted molar refractivity (Wildman–Crippen MR) is 150 cm³/mol. The highest BCUT2D eigenvalue weighted by atomic mass is 35.5. The van der Waals surface area contributed by atoms with E-state index in [0.29, 0.717) is 43.8 Å². The van der Waals surface area contributed by atoms with Crippen molar-refractivity contribution in [3.8, 4) is 5.69 Å². The van der Waals surface area contributed by atoms with E-state index in [2.05, 4.69) is 22.2 Å². The Morgan fingerprint density at radius 2 is 1.68 bits per heavy atom. The molecule has 2 aliphatic rings. The Balaban J connectivity index is 0.00000400. The number of nitrogens with two attached hydrogens (primary N) is 2. The average molecular weight is 547 g/mol. The first-order valence-electron chi connectivity index (χ1n) is 12.8. The average Bonchev–Trinajstić information content (AvgIpc) is 2.83. The molecule has 1 saturated heterocycles. The maximum atomic E-state index is 12.7. The van der Waals surface area contributed by atoms with E-state index < -0.39 is 11.2 Å². The van der Waals surface area contributed by atoms with Crippen LogP contribution in [0.25, 0.3) is 5.69 Å². The maximum Gasteiger partial charge on any atom is 0.354 e. The molecule has 12 heteroatoms. The molecule has 0 atom stereocenters. The third-order valence-corrected chi connectivity index (χ3v) is 6.95. The molecule has 1 aromatic carbocycles. The maximum absolute atomic E-state index is 12.7. The van der Waals surface area contributed by atoms with Gasteiger partial charge in [-0.15, -0.1) is 12.4 Å². The zero-order valence-corrected chi connectivity index (χ0v) is 23.1. The van der Waals surface area contributed by atoms with Crippen molar-refractivity contribution in [3.63, 3.8) is 0 Å². The van der Waals surface area contributed by atoms with Crippen molar-refractivity contribution in [2.45, 2.75) is 44.8 Å². The van der Waals surface area contributed by atoms with Crippen LogP contribution in [0.3, 0.4) is 0 Å². The Kier molecular flexibility index (Phi) is 9.53. The molecule has 2 heterocycles. The number of aromatic nitrogens is 2. The molecule has 0 spiro atoms. The highest BCUT2D eigenvalue weighted by molar-refractivity contribution is 5.89. The van der Waals surface area contributed by atoms with Crippen LogP contribution in [0.2, 0.25) is 0 Å². The quantitative estimate of drug-likeness (QED) is 0.474. The summed E-state index contributed by atoms with van der Waals surface area (Å²) < 4.78 is 1.44. The number of carbonyl (C=O) groups is 2. The molecule has 11 nitrogen and oxygen atoms in total. The van der Waals surface area contributed by atoms with Gasteiger partial charge in [0.25, 0.3) is 0 Å². The third-order valence-electron chi connectivity index (χ3n) is 6.95. The van der Waals surface area contributed by atoms with Crippen molar-refractivity contribution < 1.29 is 9.59 Å². The molecule has 38 heavy (non-hydrogen) atoms. The van der Waals surface area contributed by atoms with Crippen LogP contribution in [0.1, 0.15) is 32.3 Å². The van der Waals surface area contributed by atoms with E-state index in [4.69, 9.17) is 11.5 Å². The summed E-state index contributed by atoms with van der Waals surface area (Å²) in [6, 6.07) is 9.41. The lowest BCUT2D eigenvalue weighted by Crippen LogP contribution is -2.58. The summed E-state index contributed by atoms with van der Waals surface area (Å²) in [5.41, 5.74) is 12.2. The van der Waals surface area contributed by atoms with Gasteiger partial charge in [0.1, 0.15) is 5.82 Å². The molecule has 1 saturated carbocycles. The van der Waals surface area contributed by atoms with Crippen LogP contribution in [-0.2, 0) is 11.3 Å². The Morgan fingerprint density at radius 3 is 2.24 bits per heavy atom. The number of anilines is 1. The van der Waals surface area contributed by atoms with Crippen molar-refractivity contribution in [1.29, 1.82) is 0 Å². The van der Waals surface area contributed by atoms with E-state index >= 15 is 0 Å². The molecule has 5 N–H and O–H groups in total. The molecule has 1 aromatic heterocycles. The minimum Gasteiger partial charge on any atom is -0.338 e. The molecule has 1 aliphatic carbocycles. The minimum atomic E-state index is -0.945. The number of urea groups is 1. The van der Waals surface area contributed by atoms with E-state index in [-0.39, 0.29) is 30.2 Å². The summed E-state index contributed by atoms with van der Waals surface area (Å²) >= 11 is 0. The Morgan fingerprint density at radius 1 is 1.08 bits per heavy atom. The lowest BCUT2D eigenvalue weighted by atomic mass is 9.80. The first-order chi connectivity index (χ1) is 17.5. The number of piperazine rings is 1. The number of hydrogen-bond acceptors (Lipinski definition) is 7. The molecule has 2 fully saturated rings. The van der Waals surface area contributed by atoms with Crippen LogP contribution in [-0.4, -0.2) is 87.5 Å². The molecule has 208 valence electrons. The number of halogens is 1. The molecule has 0 radical (unpaired) electrons. The number of rotatable bonds is 7. The lowest BCUT2D eigenvalue weighted by molar-refractivity contribution is -0.137. The van der Waals surface area contributed by atoms with Crippen molar-refractivity contribution in [1.82, 2.24) is 24.3 Å². The first kappa shape index (κ1) is 29.6. The highest BCUT2D eigenvalue weighted by Gasteiger charge is 2.31. The van der Waals surface area contributed by atoms with Gasteiger partial charge in [-0.3, -0.25) is 14.7 Å². The standard InChI is InChI=1S/C26H38N8O3.ClH/c1-26(2,28)23(35)32-10-12-33(13-11-32)24(36)29-22-8-9-34(25(37)30-22)21-6-4-18(5-7-21)16-31(3)17-19-14-20(27)15-19;/h4-9,19-20H,10-17,27-28H2,1-3H3,(H,29,30,36,37);1H/t19-,20+;. The van der Waals surface area contributed by atoms with Gasteiger partial charge in [-0.05, 0) is 63.4 Å². The van der Waals surface area contributed by atoms with Crippen molar-refractivity contribution in [3.05, 3.63) is 52.6 Å². The number of amides is 3. The zero-order chi connectivity index (χ0) is 26.7. The van der Waals surface area contributed by atoms with Crippen LogP contribution >= 0.6 is 12.4 Å². The summed E-state index contributed by atoms with van der Waals surface area (Å²) in [6.45, 7) is 6.76. The van der Waals surface area contributed by atoms with E-state index in [1.54, 1.807) is 35.9 Å². The Hall–Kier alpha value is -2.99. The van der Waals surface area contributed by atoms with E-state index in [1.807, 2.05) is 24.3 Å². The van der Waals surface area contributed by atoms with Crippen LogP contribution in [0.15, 0.2) is 41.3 Å². The fraction of sp³-hybridized carbons (Fsp3) is 0.538. The van der Waals surface area contributed by atoms with Gasteiger partial charge in [-0.25, -0.2) is 9.59 Å². The topological polar surface area (TPSA) is 143 Å². The number of benzene rings is 1. The van der Waals surface area contributed by atoms with E-state index in [1.165, 1.54) is 4.57 Å². The van der Waals surface area contributed by atoms with Crippen molar-refractivity contribution in [2.24, 2.45) is 17.4 Å². The largest absolute Gasteiger partial charge is 0.354 e. The predicted octanol–water partition coefficient (Wildman–Crippen LogP) is 1.24. The van der Waals surface area contributed by atoms with Crippen LogP contribution in [0.4, 0.5) is 10.6 Å². The normalized spacial score (nSPS) is 19.5. The summed E-state index contributed by atoms with van der Waals surface area (Å²) in [6.07, 6.45) is 3.80. The lowest BCUT2D eigenvalue weighted by Gasteiger charge is -2.37. The van der Waals surface area contributed by atoms with Gasteiger partial charge in [0.15, 0.2) is 0 Å². The smallest absolute Gasteiger partial charge is 0.338 e. The molecule has 2 aromatic rings. The number of hydrogen-bond donors (Lipinski definition) is 3. The summed E-state index contributed by atoms with van der Waals surface area (Å²) in [5.74, 6) is 0.721. The van der Waals surface area contributed by atoms with Crippen LogP contribution in [0.5, 0.6) is 0 Å². The second-order valence-corrected chi connectivity index (χ2v) is 10.9. The third kappa shape index (κ3) is 7.31. The van der Waals surface area contributed by atoms with E-state index in [9.17, 15) is 14.4 Å². The second-order valence-electron chi connectivity index (χ2n) is 10.9. The summed E-state index contributed by atoms with van der Waals surface area (Å²) in [4.78, 5) is 47.3. The first-order valence-corrected chi connectivity index (χ1v) is 12.8. The van der Waals surface area contributed by atoms with Gasteiger partial charge in [0.05, 0.1) is 11.2 Å². The summed E-state index contributed by atoms with van der Waals surface area (Å²) in [5, 5.41) is 2.68. The molecule has 3 amide bonds. The summed E-state index contributed by atoms with van der Waals surface area (Å²) in [7, 11) is 2.11.